The minimum Gasteiger partial charge on any atom is -0.388 e. The Kier molecular flexibility index (Phi) is 3.96. The third-order valence-corrected chi connectivity index (χ3v) is 4.08. The van der Waals surface area contributed by atoms with Crippen LogP contribution in [0.4, 0.5) is 4.39 Å². The molecule has 2 rings (SSSR count). The highest BCUT2D eigenvalue weighted by Crippen LogP contribution is 2.35. The Balaban J connectivity index is 2.34. The summed E-state index contributed by atoms with van der Waals surface area (Å²) in [5.74, 6) is -0.397. The molecule has 1 saturated heterocycles. The summed E-state index contributed by atoms with van der Waals surface area (Å²) in [5.41, 5.74) is -1.10. The molecule has 6 heteroatoms. The fraction of sp³-hybridized carbons (Fsp3) is 0.538. The maximum atomic E-state index is 13.2. The Bertz CT molecular complexity index is 480. The molecular formula is C13H18FO4P. The third-order valence-electron chi connectivity index (χ3n) is 3.64. The van der Waals surface area contributed by atoms with Crippen LogP contribution in [0.1, 0.15) is 19.4 Å². The van der Waals surface area contributed by atoms with Crippen LogP contribution in [0.15, 0.2) is 18.2 Å². The summed E-state index contributed by atoms with van der Waals surface area (Å²) in [5, 5.41) is 30.5. The zero-order chi connectivity index (χ0) is 14.4. The molecule has 1 heterocycles. The van der Waals surface area contributed by atoms with Crippen molar-refractivity contribution in [1.82, 2.24) is 0 Å². The molecule has 1 fully saturated rings. The molecule has 6 atom stereocenters. The van der Waals surface area contributed by atoms with E-state index in [-0.39, 0.29) is 0 Å². The Morgan fingerprint density at radius 3 is 2.42 bits per heavy atom. The molecule has 3 N–H and O–H groups in total. The smallest absolute Gasteiger partial charge is 0.130 e. The predicted molar refractivity (Wildman–Crippen MR) is 71.7 cm³/mol. The first-order valence-electron chi connectivity index (χ1n) is 6.04. The predicted octanol–water partition coefficient (Wildman–Crippen LogP) is 0.0427. The van der Waals surface area contributed by atoms with Crippen molar-refractivity contribution < 1.29 is 24.4 Å². The first-order valence-corrected chi connectivity index (χ1v) is 6.62. The number of aliphatic hydroxyl groups excluding tert-OH is 2. The lowest BCUT2D eigenvalue weighted by Gasteiger charge is -2.32. The van der Waals surface area contributed by atoms with Gasteiger partial charge in [0.2, 0.25) is 0 Å². The van der Waals surface area contributed by atoms with Gasteiger partial charge in [-0.2, -0.15) is 0 Å². The van der Waals surface area contributed by atoms with E-state index in [4.69, 9.17) is 4.74 Å². The molecule has 6 unspecified atom stereocenters. The number of ether oxygens (including phenoxy) is 1. The van der Waals surface area contributed by atoms with E-state index in [1.807, 2.05) is 0 Å². The van der Waals surface area contributed by atoms with Crippen molar-refractivity contribution in [2.75, 3.05) is 0 Å². The highest BCUT2D eigenvalue weighted by atomic mass is 31.0. The van der Waals surface area contributed by atoms with E-state index in [2.05, 4.69) is 9.24 Å². The van der Waals surface area contributed by atoms with Gasteiger partial charge < -0.3 is 20.1 Å². The Morgan fingerprint density at radius 1 is 1.32 bits per heavy atom. The molecule has 1 aliphatic rings. The molecule has 0 aliphatic carbocycles. The summed E-state index contributed by atoms with van der Waals surface area (Å²) in [6.45, 7) is 3.10. The van der Waals surface area contributed by atoms with Crippen LogP contribution in [0.3, 0.4) is 0 Å². The first-order chi connectivity index (χ1) is 8.75. The number of rotatable bonds is 2. The second-order valence-corrected chi connectivity index (χ2v) is 5.75. The topological polar surface area (TPSA) is 69.9 Å². The van der Waals surface area contributed by atoms with Gasteiger partial charge in [0, 0.05) is 5.30 Å². The largest absolute Gasteiger partial charge is 0.388 e. The summed E-state index contributed by atoms with van der Waals surface area (Å²) < 4.78 is 18.7. The number of benzene rings is 1. The monoisotopic (exact) mass is 288 g/mol. The van der Waals surface area contributed by atoms with Gasteiger partial charge >= 0.3 is 0 Å². The summed E-state index contributed by atoms with van der Waals surface area (Å²) in [7, 11) is 2.24. The van der Waals surface area contributed by atoms with Crippen LogP contribution in [-0.4, -0.2) is 39.7 Å². The first kappa shape index (κ1) is 14.8. The van der Waals surface area contributed by atoms with Crippen LogP contribution in [-0.2, 0) is 10.3 Å². The molecule has 0 amide bonds. The molecule has 4 nitrogen and oxygen atoms in total. The highest BCUT2D eigenvalue weighted by Gasteiger charge is 2.50. The SMILES string of the molecule is CC1OC(C(C)(O)c2ccc(F)c(P)c2)C(O)C1O. The van der Waals surface area contributed by atoms with Crippen molar-refractivity contribution in [3.8, 4) is 0 Å². The fourth-order valence-corrected chi connectivity index (χ4v) is 2.61. The zero-order valence-electron chi connectivity index (χ0n) is 10.7. The standard InChI is InChI=1S/C13H18FO4P/c1-6-10(15)11(16)12(18-6)13(2,17)7-3-4-8(14)9(19)5-7/h3-6,10-12,15-17H,19H2,1-2H3. The van der Waals surface area contributed by atoms with Crippen LogP contribution in [0, 0.1) is 5.82 Å². The highest BCUT2D eigenvalue weighted by molar-refractivity contribution is 7.27. The third kappa shape index (κ3) is 2.54. The molecule has 0 aromatic heterocycles. The van der Waals surface area contributed by atoms with Crippen molar-refractivity contribution in [3.05, 3.63) is 29.6 Å². The number of aliphatic hydroxyl groups is 3. The van der Waals surface area contributed by atoms with Gasteiger partial charge in [-0.1, -0.05) is 6.07 Å². The molecule has 1 aliphatic heterocycles. The second kappa shape index (κ2) is 5.08. The van der Waals surface area contributed by atoms with Gasteiger partial charge in [-0.3, -0.25) is 0 Å². The zero-order valence-corrected chi connectivity index (χ0v) is 11.9. The molecule has 0 bridgehead atoms. The van der Waals surface area contributed by atoms with E-state index in [9.17, 15) is 19.7 Å². The molecule has 0 spiro atoms. The fourth-order valence-electron chi connectivity index (χ4n) is 2.34. The van der Waals surface area contributed by atoms with Crippen LogP contribution in [0.5, 0.6) is 0 Å². The lowest BCUT2D eigenvalue weighted by Crippen LogP contribution is -2.45. The summed E-state index contributed by atoms with van der Waals surface area (Å²) >= 11 is 0. The Morgan fingerprint density at radius 2 is 1.95 bits per heavy atom. The van der Waals surface area contributed by atoms with Gasteiger partial charge in [0.15, 0.2) is 0 Å². The minimum absolute atomic E-state index is 0.318. The second-order valence-electron chi connectivity index (χ2n) is 5.13. The van der Waals surface area contributed by atoms with Gasteiger partial charge in [0.1, 0.15) is 29.7 Å². The minimum atomic E-state index is -1.52. The van der Waals surface area contributed by atoms with Crippen molar-refractivity contribution in [2.45, 2.75) is 43.9 Å². The van der Waals surface area contributed by atoms with E-state index in [0.717, 1.165) is 0 Å². The van der Waals surface area contributed by atoms with Gasteiger partial charge in [0.05, 0.1) is 6.10 Å². The van der Waals surface area contributed by atoms with Crippen LogP contribution >= 0.6 is 9.24 Å². The number of hydrogen-bond acceptors (Lipinski definition) is 4. The average Bonchev–Trinajstić information content (AvgIpc) is 2.61. The maximum absolute atomic E-state index is 13.2. The summed E-state index contributed by atoms with van der Waals surface area (Å²) in [4.78, 5) is 0. The van der Waals surface area contributed by atoms with Crippen LogP contribution in [0.2, 0.25) is 0 Å². The number of halogens is 1. The maximum Gasteiger partial charge on any atom is 0.130 e. The normalized spacial score (nSPS) is 34.3. The van der Waals surface area contributed by atoms with Crippen molar-refractivity contribution in [2.24, 2.45) is 0 Å². The quantitative estimate of drug-likeness (QED) is 0.672. The van der Waals surface area contributed by atoms with Gasteiger partial charge in [0.25, 0.3) is 0 Å². The molecular weight excluding hydrogens is 270 g/mol. The van der Waals surface area contributed by atoms with E-state index in [0.29, 0.717) is 10.9 Å². The van der Waals surface area contributed by atoms with E-state index < -0.39 is 35.8 Å². The average molecular weight is 288 g/mol. The van der Waals surface area contributed by atoms with Crippen LogP contribution < -0.4 is 5.30 Å². The van der Waals surface area contributed by atoms with Gasteiger partial charge in [-0.05, 0) is 31.5 Å². The van der Waals surface area contributed by atoms with Crippen LogP contribution in [0.25, 0.3) is 0 Å². The van der Waals surface area contributed by atoms with Gasteiger partial charge in [-0.15, -0.1) is 9.24 Å². The van der Waals surface area contributed by atoms with E-state index in [1.54, 1.807) is 6.92 Å². The van der Waals surface area contributed by atoms with Crippen molar-refractivity contribution >= 4 is 14.5 Å². The summed E-state index contributed by atoms with van der Waals surface area (Å²) in [6, 6.07) is 4.16. The number of hydrogen-bond donors (Lipinski definition) is 3. The molecule has 1 aromatic rings. The van der Waals surface area contributed by atoms with Crippen molar-refractivity contribution in [3.63, 3.8) is 0 Å². The Hall–Kier alpha value is -0.580. The molecule has 0 saturated carbocycles. The molecule has 19 heavy (non-hydrogen) atoms. The molecule has 1 aromatic carbocycles. The van der Waals surface area contributed by atoms with Gasteiger partial charge in [-0.25, -0.2) is 4.39 Å². The lowest BCUT2D eigenvalue weighted by atomic mass is 9.86. The summed E-state index contributed by atoms with van der Waals surface area (Å²) in [6.07, 6.45) is -3.77. The Labute approximate surface area is 113 Å². The molecule has 106 valence electrons. The van der Waals surface area contributed by atoms with E-state index in [1.165, 1.54) is 25.1 Å². The lowest BCUT2D eigenvalue weighted by molar-refractivity contribution is -0.122. The molecule has 0 radical (unpaired) electrons. The van der Waals surface area contributed by atoms with E-state index >= 15 is 0 Å². The van der Waals surface area contributed by atoms with Crippen molar-refractivity contribution in [1.29, 1.82) is 0 Å².